The lowest BCUT2D eigenvalue weighted by atomic mass is 10.1. The van der Waals surface area contributed by atoms with Gasteiger partial charge in [0.25, 0.3) is 0 Å². The molecular formula is C17H17F2N3OS. The third-order valence-electron chi connectivity index (χ3n) is 3.60. The minimum atomic E-state index is -2.92. The maximum Gasteiger partial charge on any atom is 0.387 e. The summed E-state index contributed by atoms with van der Waals surface area (Å²) in [6, 6.07) is 5.06. The summed E-state index contributed by atoms with van der Waals surface area (Å²) in [6.07, 6.45) is 0. The van der Waals surface area contributed by atoms with Crippen molar-refractivity contribution in [3.63, 3.8) is 0 Å². The van der Waals surface area contributed by atoms with Crippen molar-refractivity contribution in [2.24, 2.45) is 0 Å². The largest absolute Gasteiger partial charge is 0.432 e. The van der Waals surface area contributed by atoms with Gasteiger partial charge in [0, 0.05) is 16.5 Å². The van der Waals surface area contributed by atoms with Crippen LogP contribution in [-0.4, -0.2) is 16.6 Å². The van der Waals surface area contributed by atoms with Crippen molar-refractivity contribution in [1.29, 1.82) is 0 Å². The number of hydrogen-bond acceptors (Lipinski definition) is 5. The highest BCUT2D eigenvalue weighted by atomic mass is 32.1. The van der Waals surface area contributed by atoms with E-state index in [1.807, 2.05) is 5.38 Å². The Morgan fingerprint density at radius 1 is 1.17 bits per heavy atom. The van der Waals surface area contributed by atoms with Crippen molar-refractivity contribution in [1.82, 2.24) is 9.97 Å². The summed E-state index contributed by atoms with van der Waals surface area (Å²) in [5.41, 5.74) is 9.19. The standard InChI is InChI=1S/C17H17F2N3OS/c1-8(2)13-7-24-16(22-13)12-6-11(20)10-4-9(3)5-14(15(10)21-12)23-17(18)19/h4-8,17H,1-3H3,(H2,20,21). The molecule has 24 heavy (non-hydrogen) atoms. The first-order valence-electron chi connectivity index (χ1n) is 7.46. The lowest BCUT2D eigenvalue weighted by Gasteiger charge is -2.11. The molecule has 0 fully saturated rings. The van der Waals surface area contributed by atoms with Crippen LogP contribution in [-0.2, 0) is 0 Å². The van der Waals surface area contributed by atoms with Crippen LogP contribution in [0.25, 0.3) is 21.6 Å². The number of nitrogens with two attached hydrogens (primary N) is 1. The first kappa shape index (κ1) is 16.6. The smallest absolute Gasteiger partial charge is 0.387 e. The van der Waals surface area contributed by atoms with Gasteiger partial charge in [0.15, 0.2) is 5.75 Å². The van der Waals surface area contributed by atoms with Crippen LogP contribution in [0.2, 0.25) is 0 Å². The van der Waals surface area contributed by atoms with Gasteiger partial charge in [-0.25, -0.2) is 9.97 Å². The van der Waals surface area contributed by atoms with Gasteiger partial charge in [-0.1, -0.05) is 13.8 Å². The molecule has 0 aliphatic rings. The SMILES string of the molecule is Cc1cc(OC(F)F)c2nc(-c3nc(C(C)C)cs3)cc(N)c2c1. The maximum atomic E-state index is 12.7. The molecule has 2 N–H and O–H groups in total. The van der Waals surface area contributed by atoms with E-state index in [0.29, 0.717) is 33.2 Å². The Kier molecular flexibility index (Phi) is 4.36. The van der Waals surface area contributed by atoms with Gasteiger partial charge in [-0.3, -0.25) is 0 Å². The lowest BCUT2D eigenvalue weighted by Crippen LogP contribution is -2.04. The van der Waals surface area contributed by atoms with Gasteiger partial charge >= 0.3 is 6.61 Å². The van der Waals surface area contributed by atoms with E-state index >= 15 is 0 Å². The number of nitrogen functional groups attached to an aromatic ring is 1. The van der Waals surface area contributed by atoms with Crippen molar-refractivity contribution < 1.29 is 13.5 Å². The number of halogens is 2. The van der Waals surface area contributed by atoms with Gasteiger partial charge in [-0.15, -0.1) is 11.3 Å². The third kappa shape index (κ3) is 3.17. The predicted molar refractivity (Wildman–Crippen MR) is 92.7 cm³/mol. The highest BCUT2D eigenvalue weighted by Gasteiger charge is 2.16. The molecule has 1 aromatic carbocycles. The molecule has 0 atom stereocenters. The second kappa shape index (κ2) is 6.32. The molecule has 126 valence electrons. The molecule has 3 rings (SSSR count). The first-order valence-corrected chi connectivity index (χ1v) is 8.34. The molecule has 2 heterocycles. The highest BCUT2D eigenvalue weighted by Crippen LogP contribution is 2.35. The summed E-state index contributed by atoms with van der Waals surface area (Å²) in [4.78, 5) is 9.03. The van der Waals surface area contributed by atoms with Crippen molar-refractivity contribution in [3.05, 3.63) is 34.8 Å². The van der Waals surface area contributed by atoms with E-state index < -0.39 is 6.61 Å². The van der Waals surface area contributed by atoms with E-state index in [1.165, 1.54) is 17.4 Å². The summed E-state index contributed by atoms with van der Waals surface area (Å²) in [5.74, 6) is 0.322. The Morgan fingerprint density at radius 3 is 2.54 bits per heavy atom. The molecule has 0 unspecified atom stereocenters. The zero-order valence-electron chi connectivity index (χ0n) is 13.5. The van der Waals surface area contributed by atoms with Crippen LogP contribution in [0.5, 0.6) is 5.75 Å². The van der Waals surface area contributed by atoms with Crippen molar-refractivity contribution >= 4 is 27.9 Å². The highest BCUT2D eigenvalue weighted by molar-refractivity contribution is 7.13. The number of benzene rings is 1. The Labute approximate surface area is 142 Å². The summed E-state index contributed by atoms with van der Waals surface area (Å²) < 4.78 is 30.0. The Balaban J connectivity index is 2.18. The number of pyridine rings is 1. The van der Waals surface area contributed by atoms with Crippen LogP contribution >= 0.6 is 11.3 Å². The zero-order chi connectivity index (χ0) is 17.4. The first-order chi connectivity index (χ1) is 11.3. The third-order valence-corrected chi connectivity index (χ3v) is 4.49. The molecule has 0 saturated carbocycles. The average molecular weight is 349 g/mol. The molecule has 0 saturated heterocycles. The van der Waals surface area contributed by atoms with Crippen LogP contribution in [0.15, 0.2) is 23.6 Å². The van der Waals surface area contributed by atoms with Crippen LogP contribution in [0.3, 0.4) is 0 Å². The maximum absolute atomic E-state index is 12.7. The monoisotopic (exact) mass is 349 g/mol. The predicted octanol–water partition coefficient (Wildman–Crippen LogP) is 4.97. The van der Waals surface area contributed by atoms with Crippen LogP contribution < -0.4 is 10.5 Å². The van der Waals surface area contributed by atoms with E-state index in [1.54, 1.807) is 19.1 Å². The fourth-order valence-corrected chi connectivity index (χ4v) is 3.36. The van der Waals surface area contributed by atoms with Crippen molar-refractivity contribution in [2.75, 3.05) is 5.73 Å². The number of aromatic nitrogens is 2. The molecule has 0 spiro atoms. The number of rotatable bonds is 4. The minimum Gasteiger partial charge on any atom is -0.432 e. The number of nitrogens with zero attached hydrogens (tertiary/aromatic N) is 2. The second-order valence-corrected chi connectivity index (χ2v) is 6.72. The van der Waals surface area contributed by atoms with Crippen LogP contribution in [0.4, 0.5) is 14.5 Å². The van der Waals surface area contributed by atoms with Crippen LogP contribution in [0.1, 0.15) is 31.0 Å². The summed E-state index contributed by atoms with van der Waals surface area (Å²) in [6.45, 7) is 2.98. The lowest BCUT2D eigenvalue weighted by molar-refractivity contribution is -0.0489. The Bertz CT molecular complexity index is 893. The molecule has 0 bridgehead atoms. The van der Waals surface area contributed by atoms with E-state index in [0.717, 1.165) is 11.3 Å². The molecule has 2 aromatic heterocycles. The topological polar surface area (TPSA) is 61.0 Å². The number of ether oxygens (including phenoxy) is 1. The fraction of sp³-hybridized carbons (Fsp3) is 0.294. The molecule has 0 aliphatic heterocycles. The number of alkyl halides is 2. The quantitative estimate of drug-likeness (QED) is 0.722. The van der Waals surface area contributed by atoms with E-state index in [-0.39, 0.29) is 5.75 Å². The molecule has 4 nitrogen and oxygen atoms in total. The number of anilines is 1. The molecule has 0 amide bonds. The summed E-state index contributed by atoms with van der Waals surface area (Å²) in [7, 11) is 0. The van der Waals surface area contributed by atoms with Crippen LogP contribution in [0, 0.1) is 6.92 Å². The Morgan fingerprint density at radius 2 is 1.92 bits per heavy atom. The van der Waals surface area contributed by atoms with Gasteiger partial charge in [0.05, 0.1) is 5.69 Å². The van der Waals surface area contributed by atoms with Crippen molar-refractivity contribution in [3.8, 4) is 16.5 Å². The molecule has 7 heteroatoms. The van der Waals surface area contributed by atoms with Gasteiger partial charge < -0.3 is 10.5 Å². The number of hydrogen-bond donors (Lipinski definition) is 1. The fourth-order valence-electron chi connectivity index (χ4n) is 2.42. The normalized spacial score (nSPS) is 11.6. The zero-order valence-corrected chi connectivity index (χ0v) is 14.3. The van der Waals surface area contributed by atoms with Gasteiger partial charge in [0.1, 0.15) is 16.2 Å². The average Bonchev–Trinajstić information content (AvgIpc) is 2.97. The summed E-state index contributed by atoms with van der Waals surface area (Å²) in [5, 5.41) is 3.26. The van der Waals surface area contributed by atoms with E-state index in [4.69, 9.17) is 5.73 Å². The summed E-state index contributed by atoms with van der Waals surface area (Å²) >= 11 is 1.45. The molecule has 0 aliphatic carbocycles. The van der Waals surface area contributed by atoms with Crippen molar-refractivity contribution in [2.45, 2.75) is 33.3 Å². The molecule has 3 aromatic rings. The molecule has 0 radical (unpaired) electrons. The Hall–Kier alpha value is -2.28. The molecular weight excluding hydrogens is 332 g/mol. The number of thiazole rings is 1. The number of fused-ring (bicyclic) bond motifs is 1. The van der Waals surface area contributed by atoms with Gasteiger partial charge in [0.2, 0.25) is 0 Å². The second-order valence-electron chi connectivity index (χ2n) is 5.87. The minimum absolute atomic E-state index is 0.0224. The van der Waals surface area contributed by atoms with Gasteiger partial charge in [-0.05, 0) is 36.6 Å². The number of aryl methyl sites for hydroxylation is 1. The van der Waals surface area contributed by atoms with E-state index in [2.05, 4.69) is 28.6 Å². The van der Waals surface area contributed by atoms with Gasteiger partial charge in [-0.2, -0.15) is 8.78 Å². The van der Waals surface area contributed by atoms with E-state index in [9.17, 15) is 8.78 Å².